The van der Waals surface area contributed by atoms with Gasteiger partial charge in [-0.2, -0.15) is 0 Å². The summed E-state index contributed by atoms with van der Waals surface area (Å²) in [7, 11) is 4.12. The van der Waals surface area contributed by atoms with Crippen LogP contribution in [-0.4, -0.2) is 39.3 Å². The molecule has 0 saturated heterocycles. The Kier molecular flexibility index (Phi) is 5.82. The highest BCUT2D eigenvalue weighted by molar-refractivity contribution is 6.04. The summed E-state index contributed by atoms with van der Waals surface area (Å²) in [6.07, 6.45) is 0. The molecule has 1 unspecified atom stereocenters. The lowest BCUT2D eigenvalue weighted by atomic mass is 9.92. The lowest BCUT2D eigenvalue weighted by Gasteiger charge is -2.29. The predicted octanol–water partition coefficient (Wildman–Crippen LogP) is 2.42. The van der Waals surface area contributed by atoms with Crippen molar-refractivity contribution in [1.82, 2.24) is 10.6 Å². The molecular weight excluding hydrogens is 376 g/mol. The summed E-state index contributed by atoms with van der Waals surface area (Å²) >= 11 is 0. The molecule has 0 bridgehead atoms. The van der Waals surface area contributed by atoms with Crippen LogP contribution in [0.15, 0.2) is 54.1 Å². The number of hydrogen-bond donors (Lipinski definition) is 2. The molecule has 0 radical (unpaired) electrons. The van der Waals surface area contributed by atoms with Gasteiger partial charge in [0.15, 0.2) is 0 Å². The summed E-state index contributed by atoms with van der Waals surface area (Å²) < 4.78 is 14.8. The zero-order valence-electron chi connectivity index (χ0n) is 16.1. The zero-order valence-corrected chi connectivity index (χ0v) is 16.1. The maximum atomic E-state index is 12.6. The maximum Gasteiger partial charge on any atom is 0.338 e. The van der Waals surface area contributed by atoms with Crippen molar-refractivity contribution in [1.29, 1.82) is 0 Å². The van der Waals surface area contributed by atoms with E-state index < -0.39 is 24.0 Å². The van der Waals surface area contributed by atoms with Gasteiger partial charge in [-0.1, -0.05) is 12.1 Å². The van der Waals surface area contributed by atoms with E-state index in [1.54, 1.807) is 55.6 Å². The first kappa shape index (κ1) is 19.9. The molecule has 2 amide bonds. The van der Waals surface area contributed by atoms with Crippen molar-refractivity contribution in [2.24, 2.45) is 0 Å². The molecule has 3 rings (SSSR count). The minimum atomic E-state index is -0.764. The molecule has 8 nitrogen and oxygen atoms in total. The summed E-state index contributed by atoms with van der Waals surface area (Å²) in [6, 6.07) is 12.1. The van der Waals surface area contributed by atoms with Crippen LogP contribution in [0.5, 0.6) is 5.75 Å². The van der Waals surface area contributed by atoms with E-state index >= 15 is 0 Å². The second-order valence-corrected chi connectivity index (χ2v) is 6.15. The number of nitrogens with one attached hydrogen (secondary N) is 2. The Morgan fingerprint density at radius 1 is 0.862 bits per heavy atom. The highest BCUT2D eigenvalue weighted by Gasteiger charge is 2.34. The Bertz CT molecular complexity index is 964. The fourth-order valence-corrected chi connectivity index (χ4v) is 3.06. The number of amides is 2. The summed E-state index contributed by atoms with van der Waals surface area (Å²) in [6.45, 7) is 0. The number of urea groups is 1. The SMILES string of the molecule is COC(=O)C1=C(c2ccc(OC)cc2)NC(=O)NC1c1ccc(C(=O)OC)cc1. The van der Waals surface area contributed by atoms with E-state index in [1.165, 1.54) is 14.2 Å². The third kappa shape index (κ3) is 4.06. The molecule has 1 heterocycles. The van der Waals surface area contributed by atoms with Crippen LogP contribution >= 0.6 is 0 Å². The molecule has 29 heavy (non-hydrogen) atoms. The standard InChI is InChI=1S/C21H20N2O6/c1-27-15-10-8-13(9-11-15)18-16(20(25)29-3)17(22-21(26)23-18)12-4-6-14(7-5-12)19(24)28-2/h4-11,17H,1-3H3,(H2,22,23,26). The average Bonchev–Trinajstić information content (AvgIpc) is 2.77. The summed E-state index contributed by atoms with van der Waals surface area (Å²) in [5, 5.41) is 5.42. The van der Waals surface area contributed by atoms with Gasteiger partial charge in [-0.3, -0.25) is 0 Å². The number of esters is 2. The van der Waals surface area contributed by atoms with E-state index in [1.807, 2.05) is 0 Å². The molecule has 0 aromatic heterocycles. The van der Waals surface area contributed by atoms with E-state index in [-0.39, 0.29) is 5.57 Å². The Balaban J connectivity index is 2.10. The minimum absolute atomic E-state index is 0.239. The highest BCUT2D eigenvalue weighted by atomic mass is 16.5. The normalized spacial score (nSPS) is 15.8. The Hall–Kier alpha value is -3.81. The van der Waals surface area contributed by atoms with E-state index in [4.69, 9.17) is 14.2 Å². The predicted molar refractivity (Wildman–Crippen MR) is 104 cm³/mol. The Morgan fingerprint density at radius 3 is 2.03 bits per heavy atom. The smallest absolute Gasteiger partial charge is 0.338 e. The Morgan fingerprint density at radius 2 is 1.48 bits per heavy atom. The minimum Gasteiger partial charge on any atom is -0.497 e. The topological polar surface area (TPSA) is 103 Å². The van der Waals surface area contributed by atoms with Gasteiger partial charge < -0.3 is 24.8 Å². The first-order valence-electron chi connectivity index (χ1n) is 8.71. The molecule has 8 heteroatoms. The van der Waals surface area contributed by atoms with E-state index in [2.05, 4.69) is 10.6 Å². The maximum absolute atomic E-state index is 12.6. The molecule has 0 saturated carbocycles. The van der Waals surface area contributed by atoms with Crippen molar-refractivity contribution < 1.29 is 28.6 Å². The largest absolute Gasteiger partial charge is 0.497 e. The van der Waals surface area contributed by atoms with Crippen molar-refractivity contribution in [2.75, 3.05) is 21.3 Å². The second-order valence-electron chi connectivity index (χ2n) is 6.15. The quantitative estimate of drug-likeness (QED) is 0.753. The van der Waals surface area contributed by atoms with Gasteiger partial charge in [0.25, 0.3) is 0 Å². The molecule has 150 valence electrons. The average molecular weight is 396 g/mol. The van der Waals surface area contributed by atoms with Gasteiger partial charge in [0.2, 0.25) is 0 Å². The van der Waals surface area contributed by atoms with Crippen molar-refractivity contribution in [3.05, 3.63) is 70.8 Å². The van der Waals surface area contributed by atoms with Crippen LogP contribution in [0.1, 0.15) is 27.5 Å². The van der Waals surface area contributed by atoms with Crippen molar-refractivity contribution in [2.45, 2.75) is 6.04 Å². The first-order chi connectivity index (χ1) is 14.0. The van der Waals surface area contributed by atoms with Gasteiger partial charge in [-0.25, -0.2) is 14.4 Å². The monoisotopic (exact) mass is 396 g/mol. The van der Waals surface area contributed by atoms with Crippen LogP contribution in [-0.2, 0) is 14.3 Å². The summed E-state index contributed by atoms with van der Waals surface area (Å²) in [5.41, 5.74) is 2.17. The van der Waals surface area contributed by atoms with Crippen LogP contribution in [0.2, 0.25) is 0 Å². The molecule has 2 aromatic rings. The molecule has 2 N–H and O–H groups in total. The number of carbonyl (C=O) groups excluding carboxylic acids is 3. The molecule has 0 aliphatic carbocycles. The molecule has 0 fully saturated rings. The molecular formula is C21H20N2O6. The van der Waals surface area contributed by atoms with Crippen LogP contribution in [0.4, 0.5) is 4.79 Å². The van der Waals surface area contributed by atoms with E-state index in [0.717, 1.165) is 0 Å². The van der Waals surface area contributed by atoms with Gasteiger partial charge in [0, 0.05) is 0 Å². The van der Waals surface area contributed by atoms with Gasteiger partial charge >= 0.3 is 18.0 Å². The van der Waals surface area contributed by atoms with Crippen LogP contribution in [0, 0.1) is 0 Å². The van der Waals surface area contributed by atoms with Gasteiger partial charge in [0.1, 0.15) is 5.75 Å². The highest BCUT2D eigenvalue weighted by Crippen LogP contribution is 2.32. The second kappa shape index (κ2) is 8.47. The van der Waals surface area contributed by atoms with Crippen LogP contribution < -0.4 is 15.4 Å². The van der Waals surface area contributed by atoms with Gasteiger partial charge in [-0.15, -0.1) is 0 Å². The summed E-state index contributed by atoms with van der Waals surface area (Å²) in [5.74, 6) is -0.428. The number of rotatable bonds is 5. The molecule has 2 aromatic carbocycles. The third-order valence-corrected chi connectivity index (χ3v) is 4.52. The van der Waals surface area contributed by atoms with E-state index in [0.29, 0.717) is 28.1 Å². The molecule has 1 atom stereocenters. The Labute approximate surface area is 167 Å². The number of carbonyl (C=O) groups is 3. The van der Waals surface area contributed by atoms with Crippen molar-refractivity contribution in [3.63, 3.8) is 0 Å². The molecule has 0 spiro atoms. The number of hydrogen-bond acceptors (Lipinski definition) is 6. The van der Waals surface area contributed by atoms with E-state index in [9.17, 15) is 14.4 Å². The summed E-state index contributed by atoms with van der Waals surface area (Å²) in [4.78, 5) is 36.6. The zero-order chi connectivity index (χ0) is 21.0. The van der Waals surface area contributed by atoms with Gasteiger partial charge in [-0.05, 0) is 47.5 Å². The van der Waals surface area contributed by atoms with Crippen molar-refractivity contribution >= 4 is 23.7 Å². The van der Waals surface area contributed by atoms with Gasteiger partial charge in [0.05, 0.1) is 44.2 Å². The lowest BCUT2D eigenvalue weighted by molar-refractivity contribution is -0.136. The van der Waals surface area contributed by atoms with Crippen LogP contribution in [0.3, 0.4) is 0 Å². The first-order valence-corrected chi connectivity index (χ1v) is 8.71. The van der Waals surface area contributed by atoms with Crippen molar-refractivity contribution in [3.8, 4) is 5.75 Å². The van der Waals surface area contributed by atoms with Crippen LogP contribution in [0.25, 0.3) is 5.70 Å². The third-order valence-electron chi connectivity index (χ3n) is 4.52. The number of methoxy groups -OCH3 is 3. The number of ether oxygens (including phenoxy) is 3. The number of benzene rings is 2. The fraction of sp³-hybridized carbons (Fsp3) is 0.190. The fourth-order valence-electron chi connectivity index (χ4n) is 3.06. The lowest BCUT2D eigenvalue weighted by Crippen LogP contribution is -2.45. The molecule has 1 aliphatic heterocycles. The molecule has 1 aliphatic rings.